The van der Waals surface area contributed by atoms with Gasteiger partial charge in [-0.15, -0.1) is 0 Å². The van der Waals surface area contributed by atoms with E-state index in [0.717, 1.165) is 91.8 Å². The van der Waals surface area contributed by atoms with Gasteiger partial charge in [-0.2, -0.15) is 5.10 Å². The summed E-state index contributed by atoms with van der Waals surface area (Å²) in [5, 5.41) is 6.45. The van der Waals surface area contributed by atoms with E-state index in [1.54, 1.807) is 18.4 Å². The van der Waals surface area contributed by atoms with Crippen molar-refractivity contribution in [3.05, 3.63) is 119 Å². The van der Waals surface area contributed by atoms with Gasteiger partial charge in [0.15, 0.2) is 0 Å². The average molecular weight is 655 g/mol. The van der Waals surface area contributed by atoms with Gasteiger partial charge in [-0.3, -0.25) is 4.90 Å². The van der Waals surface area contributed by atoms with Crippen molar-refractivity contribution in [2.45, 2.75) is 46.5 Å². The average Bonchev–Trinajstić information content (AvgIpc) is 3.41. The molecule has 0 bridgehead atoms. The minimum Gasteiger partial charge on any atom is -0.498 e. The predicted molar refractivity (Wildman–Crippen MR) is 192 cm³/mol. The van der Waals surface area contributed by atoms with Crippen LogP contribution in [0.4, 0.5) is 0 Å². The Morgan fingerprint density at radius 2 is 1.88 bits per heavy atom. The first-order chi connectivity index (χ1) is 23.4. The fourth-order valence-corrected chi connectivity index (χ4v) is 5.75. The summed E-state index contributed by atoms with van der Waals surface area (Å²) in [6.45, 7) is 13.1. The molecule has 0 saturated carbocycles. The van der Waals surface area contributed by atoms with Gasteiger partial charge in [0.05, 0.1) is 36.6 Å². The van der Waals surface area contributed by atoms with Crippen LogP contribution in [0.15, 0.2) is 127 Å². The zero-order valence-corrected chi connectivity index (χ0v) is 28.9. The van der Waals surface area contributed by atoms with Crippen LogP contribution >= 0.6 is 0 Å². The fourth-order valence-electron chi connectivity index (χ4n) is 5.75. The minimum absolute atomic E-state index is 0.321. The van der Waals surface area contributed by atoms with E-state index in [-0.39, 0.29) is 0 Å². The lowest BCUT2D eigenvalue weighted by Gasteiger charge is -2.36. The minimum atomic E-state index is 0.321. The van der Waals surface area contributed by atoms with Crippen molar-refractivity contribution in [1.82, 2.24) is 14.8 Å². The zero-order chi connectivity index (χ0) is 33.7. The number of hydrogen-bond acceptors (Lipinski definition) is 10. The SMILES string of the molecule is CC/C(C)=C1\C=C(C2=CCC(OCCCN3CCN(C4=CCC=C(OCCOC)C=C4)CC3)=CC=C2)N=C(N)N1/N=C(\C)c1ccco1. The topological polar surface area (TPSA) is 101 Å². The summed E-state index contributed by atoms with van der Waals surface area (Å²) in [6.07, 6.45) is 24.1. The van der Waals surface area contributed by atoms with Gasteiger partial charge in [0.2, 0.25) is 5.96 Å². The Labute approximate surface area is 285 Å². The number of guanidine groups is 1. The summed E-state index contributed by atoms with van der Waals surface area (Å²) in [7, 11) is 1.69. The van der Waals surface area contributed by atoms with Crippen molar-refractivity contribution in [2.75, 3.05) is 59.7 Å². The van der Waals surface area contributed by atoms with Crippen molar-refractivity contribution in [2.24, 2.45) is 15.8 Å². The Balaban J connectivity index is 1.07. The highest BCUT2D eigenvalue weighted by Crippen LogP contribution is 2.28. The molecule has 2 aliphatic heterocycles. The van der Waals surface area contributed by atoms with E-state index in [1.165, 1.54) is 5.70 Å². The number of nitrogens with zero attached hydrogens (tertiary/aromatic N) is 5. The van der Waals surface area contributed by atoms with Crippen molar-refractivity contribution in [3.63, 3.8) is 0 Å². The molecule has 1 aromatic heterocycles. The Morgan fingerprint density at radius 3 is 2.65 bits per heavy atom. The number of piperazine rings is 1. The molecule has 10 heteroatoms. The van der Waals surface area contributed by atoms with Gasteiger partial charge < -0.3 is 29.3 Å². The van der Waals surface area contributed by atoms with Crippen molar-refractivity contribution >= 4 is 11.7 Å². The molecule has 10 nitrogen and oxygen atoms in total. The molecule has 2 aliphatic carbocycles. The highest BCUT2D eigenvalue weighted by molar-refractivity contribution is 5.97. The van der Waals surface area contributed by atoms with Crippen LogP contribution in [0.1, 0.15) is 52.2 Å². The molecule has 0 amide bonds. The smallest absolute Gasteiger partial charge is 0.222 e. The van der Waals surface area contributed by atoms with Crippen LogP contribution in [0, 0.1) is 0 Å². The Bertz CT molecular complexity index is 1560. The largest absolute Gasteiger partial charge is 0.498 e. The molecule has 1 fully saturated rings. The molecule has 5 rings (SSSR count). The fraction of sp³-hybridized carbons (Fsp3) is 0.421. The number of rotatable bonds is 14. The van der Waals surface area contributed by atoms with Crippen molar-refractivity contribution in [1.29, 1.82) is 0 Å². The summed E-state index contributed by atoms with van der Waals surface area (Å²) in [6, 6.07) is 3.73. The Kier molecular flexibility index (Phi) is 12.7. The van der Waals surface area contributed by atoms with E-state index >= 15 is 0 Å². The predicted octanol–water partition coefficient (Wildman–Crippen LogP) is 6.39. The van der Waals surface area contributed by atoms with E-state index in [9.17, 15) is 0 Å². The van der Waals surface area contributed by atoms with Gasteiger partial charge >= 0.3 is 0 Å². The number of hydrogen-bond donors (Lipinski definition) is 1. The molecule has 0 unspecified atom stereocenters. The van der Waals surface area contributed by atoms with Crippen LogP contribution in [-0.4, -0.2) is 86.1 Å². The second kappa shape index (κ2) is 17.6. The maximum atomic E-state index is 6.50. The maximum Gasteiger partial charge on any atom is 0.222 e. The molecule has 256 valence electrons. The highest BCUT2D eigenvalue weighted by Gasteiger charge is 2.23. The van der Waals surface area contributed by atoms with Crippen LogP contribution in [-0.2, 0) is 14.2 Å². The van der Waals surface area contributed by atoms with Crippen LogP contribution < -0.4 is 5.73 Å². The zero-order valence-electron chi connectivity index (χ0n) is 28.9. The van der Waals surface area contributed by atoms with Gasteiger partial charge in [-0.25, -0.2) is 10.0 Å². The molecule has 48 heavy (non-hydrogen) atoms. The normalized spacial score (nSPS) is 20.2. The number of ether oxygens (including phenoxy) is 3. The van der Waals surface area contributed by atoms with E-state index in [4.69, 9.17) is 34.5 Å². The monoisotopic (exact) mass is 654 g/mol. The number of nitrogens with two attached hydrogens (primary N) is 1. The third-order valence-electron chi connectivity index (χ3n) is 8.69. The lowest BCUT2D eigenvalue weighted by Crippen LogP contribution is -2.45. The summed E-state index contributed by atoms with van der Waals surface area (Å²) in [5.41, 5.74) is 12.4. The van der Waals surface area contributed by atoms with Gasteiger partial charge in [0, 0.05) is 52.0 Å². The molecule has 1 aromatic rings. The van der Waals surface area contributed by atoms with Gasteiger partial charge in [-0.1, -0.05) is 31.2 Å². The third kappa shape index (κ3) is 9.51. The Morgan fingerprint density at radius 1 is 1.02 bits per heavy atom. The quantitative estimate of drug-likeness (QED) is 0.182. The first kappa shape index (κ1) is 34.8. The molecule has 3 heterocycles. The van der Waals surface area contributed by atoms with E-state index < -0.39 is 0 Å². The number of methoxy groups -OCH3 is 1. The molecule has 0 radical (unpaired) electrons. The molecule has 0 atom stereocenters. The first-order valence-corrected chi connectivity index (χ1v) is 17.0. The summed E-state index contributed by atoms with van der Waals surface area (Å²) < 4.78 is 22.6. The van der Waals surface area contributed by atoms with Crippen LogP contribution in [0.25, 0.3) is 0 Å². The molecule has 4 aliphatic rings. The van der Waals surface area contributed by atoms with Crippen LogP contribution in [0.3, 0.4) is 0 Å². The second-order valence-corrected chi connectivity index (χ2v) is 12.0. The molecular weight excluding hydrogens is 604 g/mol. The van der Waals surface area contributed by atoms with Gasteiger partial charge in [0.1, 0.15) is 23.8 Å². The number of allylic oxidation sites excluding steroid dienone is 10. The van der Waals surface area contributed by atoms with Crippen LogP contribution in [0.5, 0.6) is 0 Å². The standard InChI is InChI=1S/C38H50N6O4/c1-5-29(2)36-28-35(40-38(39)44(36)41-30(3)37-14-8-24-48-37)31-10-6-12-33(17-15-31)46-25-9-19-42-20-22-43(23-21-42)32-11-7-13-34(18-16-32)47-27-26-45-4/h6,8,10-16,18,24,28H,5,7,9,17,19-23,25-27H2,1-4H3,(H2,39,40)/b36-29+,41-30+. The second-order valence-electron chi connectivity index (χ2n) is 12.0. The Hall–Kier alpha value is -4.54. The van der Waals surface area contributed by atoms with Gasteiger partial charge in [0.25, 0.3) is 0 Å². The molecular formula is C38H50N6O4. The lowest BCUT2D eigenvalue weighted by atomic mass is 10.1. The third-order valence-corrected chi connectivity index (χ3v) is 8.69. The lowest BCUT2D eigenvalue weighted by molar-refractivity contribution is 0.114. The van der Waals surface area contributed by atoms with E-state index in [2.05, 4.69) is 66.2 Å². The highest BCUT2D eigenvalue weighted by atomic mass is 16.5. The summed E-state index contributed by atoms with van der Waals surface area (Å²) in [5.74, 6) is 2.88. The first-order valence-electron chi connectivity index (χ1n) is 17.0. The number of aliphatic imine (C=N–C) groups is 1. The molecule has 0 aromatic carbocycles. The van der Waals surface area contributed by atoms with Gasteiger partial charge in [-0.05, 0) is 86.8 Å². The van der Waals surface area contributed by atoms with E-state index in [0.29, 0.717) is 38.0 Å². The molecule has 1 saturated heterocycles. The van der Waals surface area contributed by atoms with Crippen LogP contribution in [0.2, 0.25) is 0 Å². The van der Waals surface area contributed by atoms with Crippen molar-refractivity contribution < 1.29 is 18.6 Å². The molecule has 0 spiro atoms. The number of furan rings is 1. The molecule has 2 N–H and O–H groups in total. The summed E-state index contributed by atoms with van der Waals surface area (Å²) >= 11 is 0. The van der Waals surface area contributed by atoms with Crippen molar-refractivity contribution in [3.8, 4) is 0 Å². The maximum absolute atomic E-state index is 6.50. The van der Waals surface area contributed by atoms with E-state index in [1.807, 2.05) is 31.2 Å². The summed E-state index contributed by atoms with van der Waals surface area (Å²) in [4.78, 5) is 9.74. The number of hydrazone groups is 1.